The number of carbonyl (C=O) groups is 2. The van der Waals surface area contributed by atoms with Gasteiger partial charge in [0.1, 0.15) is 11.4 Å². The zero-order valence-corrected chi connectivity index (χ0v) is 17.0. The molecule has 0 spiro atoms. The van der Waals surface area contributed by atoms with E-state index in [-0.39, 0.29) is 13.0 Å². The molecule has 1 saturated heterocycles. The van der Waals surface area contributed by atoms with Gasteiger partial charge in [-0.05, 0) is 30.7 Å². The van der Waals surface area contributed by atoms with Gasteiger partial charge in [-0.2, -0.15) is 0 Å². The molecule has 0 saturated carbocycles. The Morgan fingerprint density at radius 1 is 1.52 bits per heavy atom. The van der Waals surface area contributed by atoms with Crippen LogP contribution in [0.25, 0.3) is 0 Å². The predicted molar refractivity (Wildman–Crippen MR) is 100 cm³/mol. The van der Waals surface area contributed by atoms with Crippen molar-refractivity contribution < 1.29 is 23.7 Å². The van der Waals surface area contributed by atoms with Crippen molar-refractivity contribution in [3.05, 3.63) is 28.2 Å². The van der Waals surface area contributed by atoms with Gasteiger partial charge in [0, 0.05) is 27.9 Å². The first-order chi connectivity index (χ1) is 11.8. The Bertz CT molecular complexity index is 655. The third-order valence-electron chi connectivity index (χ3n) is 3.60. The maximum Gasteiger partial charge on any atom is 0.414 e. The van der Waals surface area contributed by atoms with Crippen molar-refractivity contribution in [1.82, 2.24) is 5.48 Å². The Kier molecular flexibility index (Phi) is 8.54. The highest BCUT2D eigenvalue weighted by Gasteiger charge is 2.37. The van der Waals surface area contributed by atoms with E-state index in [9.17, 15) is 13.8 Å². The second kappa shape index (κ2) is 9.88. The van der Waals surface area contributed by atoms with Crippen LogP contribution in [0.4, 0.5) is 10.5 Å². The summed E-state index contributed by atoms with van der Waals surface area (Å²) in [6.45, 7) is 6.14. The van der Waals surface area contributed by atoms with E-state index in [0.717, 1.165) is 15.7 Å². The van der Waals surface area contributed by atoms with Crippen LogP contribution in [0.15, 0.2) is 22.7 Å². The van der Waals surface area contributed by atoms with Gasteiger partial charge in [-0.25, -0.2) is 10.3 Å². The number of benzene rings is 1. The largest absolute Gasteiger partial charge is 0.444 e. The summed E-state index contributed by atoms with van der Waals surface area (Å²) in [5.41, 5.74) is 3.13. The molecule has 1 aliphatic rings. The van der Waals surface area contributed by atoms with Crippen molar-refractivity contribution in [2.24, 2.45) is 0 Å². The minimum absolute atomic E-state index is 0.0767. The Labute approximate surface area is 158 Å². The smallest absolute Gasteiger partial charge is 0.414 e. The van der Waals surface area contributed by atoms with Crippen molar-refractivity contribution in [2.45, 2.75) is 38.5 Å². The second-order valence-electron chi connectivity index (χ2n) is 5.25. The van der Waals surface area contributed by atoms with E-state index in [0.29, 0.717) is 0 Å². The van der Waals surface area contributed by atoms with Gasteiger partial charge in [0.05, 0.1) is 12.2 Å². The molecule has 1 aromatic rings. The highest BCUT2D eigenvalue weighted by Crippen LogP contribution is 2.29. The van der Waals surface area contributed by atoms with Crippen molar-refractivity contribution >= 4 is 44.4 Å². The van der Waals surface area contributed by atoms with E-state index >= 15 is 0 Å². The van der Waals surface area contributed by atoms with Crippen LogP contribution in [0.2, 0.25) is 0 Å². The van der Waals surface area contributed by atoms with Crippen molar-refractivity contribution in [3.63, 3.8) is 0 Å². The van der Waals surface area contributed by atoms with Gasteiger partial charge >= 0.3 is 6.09 Å². The molecule has 0 bridgehead atoms. The predicted octanol–water partition coefficient (Wildman–Crippen LogP) is 2.75. The van der Waals surface area contributed by atoms with Crippen LogP contribution in [0.5, 0.6) is 0 Å². The zero-order chi connectivity index (χ0) is 19.1. The Morgan fingerprint density at radius 3 is 2.68 bits per heavy atom. The molecule has 2 amide bonds. The van der Waals surface area contributed by atoms with Crippen LogP contribution in [0, 0.1) is 6.92 Å². The lowest BCUT2D eigenvalue weighted by Crippen LogP contribution is -2.38. The normalized spacial score (nSPS) is 18.7. The number of cyclic esters (lactones) is 1. The molecule has 140 valence electrons. The Hall–Kier alpha value is -1.45. The van der Waals surface area contributed by atoms with Gasteiger partial charge in [0.15, 0.2) is 0 Å². The van der Waals surface area contributed by atoms with Gasteiger partial charge < -0.3 is 4.74 Å². The highest BCUT2D eigenvalue weighted by atomic mass is 79.9. The van der Waals surface area contributed by atoms with Crippen molar-refractivity contribution in [3.8, 4) is 0 Å². The van der Waals surface area contributed by atoms with E-state index in [1.165, 1.54) is 16.6 Å². The van der Waals surface area contributed by atoms with Crippen molar-refractivity contribution in [2.75, 3.05) is 17.7 Å². The molecule has 0 aromatic heterocycles. The monoisotopic (exact) mass is 434 g/mol. The van der Waals surface area contributed by atoms with Crippen LogP contribution in [0.1, 0.15) is 25.8 Å². The van der Waals surface area contributed by atoms with Gasteiger partial charge in [-0.1, -0.05) is 29.8 Å². The van der Waals surface area contributed by atoms with Gasteiger partial charge in [0.25, 0.3) is 5.91 Å². The number of nitrogens with one attached hydrogen (secondary N) is 1. The topological polar surface area (TPSA) is 95.9 Å². The fourth-order valence-corrected chi connectivity index (χ4v) is 3.78. The summed E-state index contributed by atoms with van der Waals surface area (Å²) in [5.74, 6) is -0.750. The summed E-state index contributed by atoms with van der Waals surface area (Å²) < 4.78 is 17.8. The first kappa shape index (κ1) is 21.6. The summed E-state index contributed by atoms with van der Waals surface area (Å²) >= 11 is 3.37. The van der Waals surface area contributed by atoms with Gasteiger partial charge in [-0.3, -0.25) is 19.1 Å². The summed E-state index contributed by atoms with van der Waals surface area (Å²) in [6.07, 6.45) is 0.364. The Balaban J connectivity index is 0.00000151. The molecule has 2 N–H and O–H groups in total. The number of hydrogen-bond acceptors (Lipinski definition) is 5. The number of aryl methyl sites for hydroxylation is 1. The van der Waals surface area contributed by atoms with E-state index < -0.39 is 34.2 Å². The first-order valence-electron chi connectivity index (χ1n) is 7.84. The number of nitrogens with zero attached hydrogens (tertiary/aromatic N) is 1. The van der Waals surface area contributed by atoms with E-state index in [1.54, 1.807) is 6.07 Å². The molecule has 2 rings (SSSR count). The van der Waals surface area contributed by atoms with Gasteiger partial charge in [-0.15, -0.1) is 0 Å². The zero-order valence-electron chi connectivity index (χ0n) is 14.6. The molecule has 7 nitrogen and oxygen atoms in total. The molecule has 25 heavy (non-hydrogen) atoms. The summed E-state index contributed by atoms with van der Waals surface area (Å²) in [5, 5.41) is 7.77. The molecule has 9 heteroatoms. The molecule has 1 aromatic carbocycles. The lowest BCUT2D eigenvalue weighted by atomic mass is 10.1. The van der Waals surface area contributed by atoms with Crippen LogP contribution in [-0.4, -0.2) is 45.6 Å². The summed E-state index contributed by atoms with van der Waals surface area (Å²) in [6, 6.07) is 5.52. The van der Waals surface area contributed by atoms with Crippen LogP contribution < -0.4 is 10.4 Å². The van der Waals surface area contributed by atoms with Gasteiger partial charge in [0.2, 0.25) is 0 Å². The minimum atomic E-state index is -1.49. The number of ether oxygens (including phenoxy) is 1. The van der Waals surface area contributed by atoms with Crippen LogP contribution >= 0.6 is 15.9 Å². The number of hydrogen-bond donors (Lipinski definition) is 2. The second-order valence-corrected chi connectivity index (χ2v) is 7.73. The molecular weight excluding hydrogens is 412 g/mol. The minimum Gasteiger partial charge on any atom is -0.444 e. The molecular formula is C16H23BrN2O5S. The lowest BCUT2D eigenvalue weighted by molar-refractivity contribution is -0.129. The number of halogens is 1. The lowest BCUT2D eigenvalue weighted by Gasteiger charge is -2.17. The number of carbonyl (C=O) groups excluding carboxylic acids is 2. The SMILES string of the molecule is CC.Cc1cc(Br)ccc1N1CC(CC(C(=O)NO)S(C)=O)OC1=O. The molecule has 3 unspecified atom stereocenters. The fraction of sp³-hybridized carbons (Fsp3) is 0.500. The number of anilines is 1. The van der Waals surface area contributed by atoms with Crippen molar-refractivity contribution in [1.29, 1.82) is 0 Å². The fourth-order valence-electron chi connectivity index (χ4n) is 2.47. The molecule has 1 aliphatic heterocycles. The third kappa shape index (κ3) is 5.52. The molecule has 1 fully saturated rings. The maximum absolute atomic E-state index is 12.1. The average Bonchev–Trinajstić information content (AvgIpc) is 2.94. The highest BCUT2D eigenvalue weighted by molar-refractivity contribution is 9.10. The van der Waals surface area contributed by atoms with E-state index in [2.05, 4.69) is 15.9 Å². The van der Waals surface area contributed by atoms with Crippen LogP contribution in [0.3, 0.4) is 0 Å². The first-order valence-corrected chi connectivity index (χ1v) is 10.3. The summed E-state index contributed by atoms with van der Waals surface area (Å²) in [7, 11) is -1.49. The van der Waals surface area contributed by atoms with E-state index in [1.807, 2.05) is 32.9 Å². The quantitative estimate of drug-likeness (QED) is 0.548. The standard InChI is InChI=1S/C14H17BrN2O5S.C2H6/c1-8-5-9(15)3-4-11(8)17-7-10(22-14(17)19)6-12(23(2)21)13(18)16-20;1-2/h3-5,10,12,20H,6-7H2,1-2H3,(H,16,18);1-2H3. The average molecular weight is 435 g/mol. The molecule has 1 heterocycles. The summed E-state index contributed by atoms with van der Waals surface area (Å²) in [4.78, 5) is 25.1. The molecule has 0 aliphatic carbocycles. The third-order valence-corrected chi connectivity index (χ3v) is 5.31. The molecule has 3 atom stereocenters. The van der Waals surface area contributed by atoms with Crippen LogP contribution in [-0.2, 0) is 20.3 Å². The number of hydroxylamine groups is 1. The molecule has 0 radical (unpaired) electrons. The van der Waals surface area contributed by atoms with E-state index in [4.69, 9.17) is 9.94 Å². The number of amides is 2. The maximum atomic E-state index is 12.1. The Morgan fingerprint density at radius 2 is 2.16 bits per heavy atom. The number of rotatable bonds is 5.